The summed E-state index contributed by atoms with van der Waals surface area (Å²) in [6.45, 7) is 4.41. The Morgan fingerprint density at radius 1 is 1.10 bits per heavy atom. The van der Waals surface area contributed by atoms with Gasteiger partial charge < -0.3 is 10.6 Å². The highest BCUT2D eigenvalue weighted by atomic mass is 15.2. The van der Waals surface area contributed by atoms with E-state index in [4.69, 9.17) is 10.7 Å². The van der Waals surface area contributed by atoms with Crippen LogP contribution in [0.3, 0.4) is 0 Å². The molecule has 4 heteroatoms. The van der Waals surface area contributed by atoms with Gasteiger partial charge in [0.2, 0.25) is 0 Å². The number of hydrogen-bond donors (Lipinski definition) is 1. The summed E-state index contributed by atoms with van der Waals surface area (Å²) in [4.78, 5) is 11.7. The molecule has 0 saturated heterocycles. The molecule has 4 nitrogen and oxygen atoms in total. The maximum absolute atomic E-state index is 6.11. The van der Waals surface area contributed by atoms with Gasteiger partial charge in [0, 0.05) is 24.6 Å². The van der Waals surface area contributed by atoms with Crippen molar-refractivity contribution >= 4 is 11.6 Å². The fourth-order valence-corrected chi connectivity index (χ4v) is 3.44. The predicted molar refractivity (Wildman–Crippen MR) is 83.0 cm³/mol. The van der Waals surface area contributed by atoms with Gasteiger partial charge in [0.05, 0.1) is 0 Å². The van der Waals surface area contributed by atoms with Gasteiger partial charge in [0.15, 0.2) is 0 Å². The van der Waals surface area contributed by atoms with Crippen molar-refractivity contribution < 1.29 is 0 Å². The molecule has 1 aromatic heterocycles. The first-order valence-electron chi connectivity index (χ1n) is 7.94. The summed E-state index contributed by atoms with van der Waals surface area (Å²) in [5.41, 5.74) is 7.15. The van der Waals surface area contributed by atoms with Crippen molar-refractivity contribution in [3.63, 3.8) is 0 Å². The zero-order chi connectivity index (χ0) is 14.3. The standard InChI is InChI=1S/C16H26N4/c1-10-6-4-5-7-13(10)20(3)16-11(2)14(17)18-15(19-16)12-8-9-12/h10,12-13H,4-9H2,1-3H3,(H2,17,18,19). The Bertz CT molecular complexity index is 495. The van der Waals surface area contributed by atoms with E-state index in [-0.39, 0.29) is 0 Å². The summed E-state index contributed by atoms with van der Waals surface area (Å²) in [5.74, 6) is 3.95. The number of hydrogen-bond acceptors (Lipinski definition) is 4. The molecule has 0 aliphatic heterocycles. The van der Waals surface area contributed by atoms with Gasteiger partial charge in [0.1, 0.15) is 17.5 Å². The molecule has 2 fully saturated rings. The molecule has 2 saturated carbocycles. The summed E-state index contributed by atoms with van der Waals surface area (Å²) in [6.07, 6.45) is 7.71. The largest absolute Gasteiger partial charge is 0.383 e. The van der Waals surface area contributed by atoms with E-state index < -0.39 is 0 Å². The molecular formula is C16H26N4. The average Bonchev–Trinajstić information content (AvgIpc) is 3.26. The molecule has 0 spiro atoms. The predicted octanol–water partition coefficient (Wildman–Crippen LogP) is 3.26. The molecule has 3 rings (SSSR count). The molecular weight excluding hydrogens is 248 g/mol. The zero-order valence-corrected chi connectivity index (χ0v) is 12.9. The molecule has 2 aliphatic rings. The number of anilines is 2. The molecule has 110 valence electrons. The molecule has 0 bridgehead atoms. The third kappa shape index (κ3) is 2.48. The van der Waals surface area contributed by atoms with Gasteiger partial charge >= 0.3 is 0 Å². The second-order valence-corrected chi connectivity index (χ2v) is 6.63. The number of nitrogen functional groups attached to an aromatic ring is 1. The molecule has 0 amide bonds. The van der Waals surface area contributed by atoms with Crippen LogP contribution < -0.4 is 10.6 Å². The van der Waals surface area contributed by atoms with Crippen LogP contribution in [-0.4, -0.2) is 23.1 Å². The van der Waals surface area contributed by atoms with Gasteiger partial charge in [-0.3, -0.25) is 0 Å². The van der Waals surface area contributed by atoms with E-state index >= 15 is 0 Å². The molecule has 20 heavy (non-hydrogen) atoms. The van der Waals surface area contributed by atoms with Crippen LogP contribution in [0.2, 0.25) is 0 Å². The van der Waals surface area contributed by atoms with Gasteiger partial charge in [-0.15, -0.1) is 0 Å². The van der Waals surface area contributed by atoms with E-state index in [2.05, 4.69) is 23.9 Å². The highest BCUT2D eigenvalue weighted by molar-refractivity contribution is 5.57. The van der Waals surface area contributed by atoms with Crippen LogP contribution in [0.25, 0.3) is 0 Å². The smallest absolute Gasteiger partial charge is 0.137 e. The Kier molecular flexibility index (Phi) is 3.57. The number of rotatable bonds is 3. The third-order valence-electron chi connectivity index (χ3n) is 5.02. The molecule has 1 aromatic rings. The minimum Gasteiger partial charge on any atom is -0.383 e. The first-order valence-corrected chi connectivity index (χ1v) is 7.94. The van der Waals surface area contributed by atoms with Crippen LogP contribution >= 0.6 is 0 Å². The molecule has 0 aromatic carbocycles. The van der Waals surface area contributed by atoms with E-state index in [1.165, 1.54) is 38.5 Å². The van der Waals surface area contributed by atoms with Gasteiger partial charge in [-0.25, -0.2) is 9.97 Å². The highest BCUT2D eigenvalue weighted by Gasteiger charge is 2.31. The van der Waals surface area contributed by atoms with Crippen molar-refractivity contribution in [3.05, 3.63) is 11.4 Å². The van der Waals surface area contributed by atoms with Crippen molar-refractivity contribution in [1.82, 2.24) is 9.97 Å². The van der Waals surface area contributed by atoms with Crippen LogP contribution in [0.4, 0.5) is 11.6 Å². The Morgan fingerprint density at radius 2 is 1.80 bits per heavy atom. The maximum atomic E-state index is 6.11. The zero-order valence-electron chi connectivity index (χ0n) is 12.9. The summed E-state index contributed by atoms with van der Waals surface area (Å²) < 4.78 is 0. The average molecular weight is 274 g/mol. The molecule has 2 unspecified atom stereocenters. The van der Waals surface area contributed by atoms with Crippen molar-refractivity contribution in [1.29, 1.82) is 0 Å². The second kappa shape index (κ2) is 5.23. The number of nitrogens with two attached hydrogens (primary N) is 1. The van der Waals surface area contributed by atoms with E-state index in [0.29, 0.717) is 17.8 Å². The van der Waals surface area contributed by atoms with Gasteiger partial charge in [0.25, 0.3) is 0 Å². The summed E-state index contributed by atoms with van der Waals surface area (Å²) in [7, 11) is 2.18. The molecule has 2 N–H and O–H groups in total. The van der Waals surface area contributed by atoms with E-state index in [0.717, 1.165) is 23.1 Å². The Labute approximate surface area is 121 Å². The third-order valence-corrected chi connectivity index (χ3v) is 5.02. The molecule has 2 atom stereocenters. The lowest BCUT2D eigenvalue weighted by atomic mass is 9.85. The van der Waals surface area contributed by atoms with Crippen LogP contribution in [0.15, 0.2) is 0 Å². The fourth-order valence-electron chi connectivity index (χ4n) is 3.44. The topological polar surface area (TPSA) is 55.0 Å². The minimum absolute atomic E-state index is 0.550. The Morgan fingerprint density at radius 3 is 2.45 bits per heavy atom. The van der Waals surface area contributed by atoms with Crippen LogP contribution in [0.5, 0.6) is 0 Å². The van der Waals surface area contributed by atoms with Crippen molar-refractivity contribution in [2.24, 2.45) is 5.92 Å². The van der Waals surface area contributed by atoms with E-state index in [9.17, 15) is 0 Å². The maximum Gasteiger partial charge on any atom is 0.137 e. The SMILES string of the molecule is Cc1c(N)nc(C2CC2)nc1N(C)C1CCCCC1C. The molecule has 1 heterocycles. The minimum atomic E-state index is 0.550. The first kappa shape index (κ1) is 13.7. The van der Waals surface area contributed by atoms with Crippen LogP contribution in [0, 0.1) is 12.8 Å². The first-order chi connectivity index (χ1) is 9.58. The van der Waals surface area contributed by atoms with E-state index in [1.54, 1.807) is 0 Å². The summed E-state index contributed by atoms with van der Waals surface area (Å²) in [5, 5.41) is 0. The monoisotopic (exact) mass is 274 g/mol. The normalized spacial score (nSPS) is 26.6. The van der Waals surface area contributed by atoms with Gasteiger partial charge in [-0.1, -0.05) is 19.8 Å². The number of nitrogens with zero attached hydrogens (tertiary/aromatic N) is 3. The van der Waals surface area contributed by atoms with Crippen LogP contribution in [-0.2, 0) is 0 Å². The fraction of sp³-hybridized carbons (Fsp3) is 0.750. The Hall–Kier alpha value is -1.32. The quantitative estimate of drug-likeness (QED) is 0.919. The number of aromatic nitrogens is 2. The lowest BCUT2D eigenvalue weighted by Gasteiger charge is -2.37. The molecule has 0 radical (unpaired) electrons. The van der Waals surface area contributed by atoms with Gasteiger partial charge in [-0.2, -0.15) is 0 Å². The van der Waals surface area contributed by atoms with Crippen molar-refractivity contribution in [2.75, 3.05) is 17.7 Å². The van der Waals surface area contributed by atoms with E-state index in [1.807, 2.05) is 6.92 Å². The molecule has 2 aliphatic carbocycles. The highest BCUT2D eigenvalue weighted by Crippen LogP contribution is 2.40. The summed E-state index contributed by atoms with van der Waals surface area (Å²) >= 11 is 0. The van der Waals surface area contributed by atoms with Crippen molar-refractivity contribution in [3.8, 4) is 0 Å². The van der Waals surface area contributed by atoms with Crippen LogP contribution in [0.1, 0.15) is 62.8 Å². The lowest BCUT2D eigenvalue weighted by Crippen LogP contribution is -2.40. The Balaban J connectivity index is 1.91. The van der Waals surface area contributed by atoms with Crippen molar-refractivity contribution in [2.45, 2.75) is 64.3 Å². The second-order valence-electron chi connectivity index (χ2n) is 6.63. The summed E-state index contributed by atoms with van der Waals surface area (Å²) in [6, 6.07) is 0.587. The van der Waals surface area contributed by atoms with Gasteiger partial charge in [-0.05, 0) is 38.5 Å². The lowest BCUT2D eigenvalue weighted by molar-refractivity contribution is 0.320.